The lowest BCUT2D eigenvalue weighted by Crippen LogP contribution is -2.60. The molecule has 0 aliphatic carbocycles. The molecule has 5 amide bonds. The average molecular weight is 653 g/mol. The molecule has 2 aromatic carbocycles. The lowest BCUT2D eigenvalue weighted by atomic mass is 9.98. The zero-order valence-electron chi connectivity index (χ0n) is 28.3. The van der Waals surface area contributed by atoms with Crippen LogP contribution >= 0.6 is 0 Å². The number of nitrogens with one attached hydrogen (secondary N) is 4. The number of aromatic hydroxyl groups is 1. The van der Waals surface area contributed by atoms with Crippen LogP contribution in [0.15, 0.2) is 54.6 Å². The van der Waals surface area contributed by atoms with Crippen LogP contribution < -0.4 is 32.7 Å². The van der Waals surface area contributed by atoms with E-state index in [4.69, 9.17) is 11.5 Å². The van der Waals surface area contributed by atoms with Gasteiger partial charge in [-0.1, -0.05) is 84.0 Å². The van der Waals surface area contributed by atoms with Gasteiger partial charge >= 0.3 is 0 Å². The van der Waals surface area contributed by atoms with Crippen LogP contribution in [-0.4, -0.2) is 64.9 Å². The number of carbonyl (C=O) groups excluding carboxylic acids is 5. The molecule has 2 rings (SSSR count). The van der Waals surface area contributed by atoms with Gasteiger partial charge in [-0.3, -0.25) is 24.0 Å². The molecule has 0 aromatic heterocycles. The van der Waals surface area contributed by atoms with Crippen molar-refractivity contribution in [2.45, 2.75) is 97.4 Å². The van der Waals surface area contributed by atoms with Crippen LogP contribution in [0.1, 0.15) is 65.5 Å². The topological polar surface area (TPSA) is 206 Å². The number of hydrogen-bond donors (Lipinski definition) is 7. The van der Waals surface area contributed by atoms with Gasteiger partial charge in [0.1, 0.15) is 29.9 Å². The van der Waals surface area contributed by atoms with Crippen LogP contribution in [0.2, 0.25) is 0 Å². The SMILES string of the molecule is CC(C)C[C@H](NC(=O)[C@H](Cc1ccccc1)NC(=O)[C@H](Cc1ccc(O)cc1)NC(=O)[C@@H](NC(=O)[C@@H](N)CC(C)C)C(C)C)C(N)=O. The molecular weight excluding hydrogens is 600 g/mol. The highest BCUT2D eigenvalue weighted by atomic mass is 16.3. The maximum Gasteiger partial charge on any atom is 0.243 e. The second kappa shape index (κ2) is 18.6. The van der Waals surface area contributed by atoms with Crippen molar-refractivity contribution in [3.63, 3.8) is 0 Å². The van der Waals surface area contributed by atoms with Gasteiger partial charge in [0.2, 0.25) is 29.5 Å². The molecule has 0 unspecified atom stereocenters. The fourth-order valence-corrected chi connectivity index (χ4v) is 5.07. The Kier molecular flexibility index (Phi) is 15.4. The van der Waals surface area contributed by atoms with Crippen LogP contribution in [0.25, 0.3) is 0 Å². The van der Waals surface area contributed by atoms with Crippen molar-refractivity contribution in [3.05, 3.63) is 65.7 Å². The van der Waals surface area contributed by atoms with Gasteiger partial charge in [-0.25, -0.2) is 0 Å². The van der Waals surface area contributed by atoms with E-state index in [9.17, 15) is 29.1 Å². The summed E-state index contributed by atoms with van der Waals surface area (Å²) in [6.45, 7) is 11.2. The summed E-state index contributed by atoms with van der Waals surface area (Å²) in [6, 6.07) is 10.2. The van der Waals surface area contributed by atoms with Gasteiger partial charge in [-0.05, 0) is 53.9 Å². The summed E-state index contributed by atoms with van der Waals surface area (Å²) in [6.07, 6.45) is 0.864. The number of rotatable bonds is 18. The Morgan fingerprint density at radius 1 is 0.617 bits per heavy atom. The van der Waals surface area contributed by atoms with Crippen molar-refractivity contribution < 1.29 is 29.1 Å². The Labute approximate surface area is 277 Å². The largest absolute Gasteiger partial charge is 0.508 e. The normalized spacial score (nSPS) is 14.5. The molecule has 5 atom stereocenters. The number of nitrogens with two attached hydrogens (primary N) is 2. The van der Waals surface area contributed by atoms with Gasteiger partial charge in [-0.2, -0.15) is 0 Å². The molecular formula is C35H52N6O6. The third-order valence-electron chi connectivity index (χ3n) is 7.60. The summed E-state index contributed by atoms with van der Waals surface area (Å²) in [7, 11) is 0. The van der Waals surface area contributed by atoms with Crippen molar-refractivity contribution in [2.75, 3.05) is 0 Å². The molecule has 0 aliphatic rings. The second-order valence-corrected chi connectivity index (χ2v) is 13.2. The lowest BCUT2D eigenvalue weighted by Gasteiger charge is -2.28. The summed E-state index contributed by atoms with van der Waals surface area (Å²) in [5, 5.41) is 20.7. The lowest BCUT2D eigenvalue weighted by molar-refractivity contribution is -0.135. The maximum absolute atomic E-state index is 13.9. The Balaban J connectivity index is 2.39. The molecule has 2 aromatic rings. The van der Waals surface area contributed by atoms with Crippen LogP contribution in [-0.2, 0) is 36.8 Å². The molecule has 0 saturated carbocycles. The van der Waals surface area contributed by atoms with Crippen molar-refractivity contribution in [2.24, 2.45) is 29.2 Å². The summed E-state index contributed by atoms with van der Waals surface area (Å²) in [5.41, 5.74) is 13.0. The van der Waals surface area contributed by atoms with E-state index in [0.29, 0.717) is 18.4 Å². The molecule has 0 saturated heterocycles. The summed E-state index contributed by atoms with van der Waals surface area (Å²) < 4.78 is 0. The minimum absolute atomic E-state index is 0.0143. The maximum atomic E-state index is 13.9. The third-order valence-corrected chi connectivity index (χ3v) is 7.60. The highest BCUT2D eigenvalue weighted by Gasteiger charge is 2.33. The van der Waals surface area contributed by atoms with Gasteiger partial charge in [0, 0.05) is 12.8 Å². The van der Waals surface area contributed by atoms with Crippen LogP contribution in [0.5, 0.6) is 5.75 Å². The number of amides is 5. The Bertz CT molecular complexity index is 1330. The first-order chi connectivity index (χ1) is 22.1. The van der Waals surface area contributed by atoms with Crippen molar-refractivity contribution in [3.8, 4) is 5.75 Å². The summed E-state index contributed by atoms with van der Waals surface area (Å²) in [5.74, 6) is -3.10. The fourth-order valence-electron chi connectivity index (χ4n) is 5.07. The number of carbonyl (C=O) groups is 5. The van der Waals surface area contributed by atoms with E-state index < -0.39 is 59.7 Å². The first kappa shape index (κ1) is 38.7. The van der Waals surface area contributed by atoms with E-state index >= 15 is 0 Å². The van der Waals surface area contributed by atoms with Gasteiger partial charge in [0.05, 0.1) is 6.04 Å². The molecule has 0 heterocycles. The van der Waals surface area contributed by atoms with Gasteiger partial charge < -0.3 is 37.8 Å². The number of hydrogen-bond acceptors (Lipinski definition) is 7. The predicted molar refractivity (Wildman–Crippen MR) is 181 cm³/mol. The van der Waals surface area contributed by atoms with Crippen LogP contribution in [0.3, 0.4) is 0 Å². The minimum Gasteiger partial charge on any atom is -0.508 e. The zero-order chi connectivity index (χ0) is 35.3. The molecule has 0 spiro atoms. The van der Waals surface area contributed by atoms with E-state index in [2.05, 4.69) is 21.3 Å². The zero-order valence-corrected chi connectivity index (χ0v) is 28.3. The Hall–Kier alpha value is -4.45. The molecule has 0 bridgehead atoms. The molecule has 0 aliphatic heterocycles. The highest BCUT2D eigenvalue weighted by Crippen LogP contribution is 2.14. The van der Waals surface area contributed by atoms with Crippen molar-refractivity contribution in [1.29, 1.82) is 0 Å². The second-order valence-electron chi connectivity index (χ2n) is 13.2. The summed E-state index contributed by atoms with van der Waals surface area (Å²) >= 11 is 0. The number of benzene rings is 2. The molecule has 12 nitrogen and oxygen atoms in total. The molecule has 9 N–H and O–H groups in total. The van der Waals surface area contributed by atoms with E-state index in [1.807, 2.05) is 45.9 Å². The smallest absolute Gasteiger partial charge is 0.243 e. The molecule has 0 radical (unpaired) electrons. The first-order valence-corrected chi connectivity index (χ1v) is 16.2. The summed E-state index contributed by atoms with van der Waals surface area (Å²) in [4.78, 5) is 66.1. The van der Waals surface area contributed by atoms with Gasteiger partial charge in [-0.15, -0.1) is 0 Å². The van der Waals surface area contributed by atoms with Crippen molar-refractivity contribution >= 4 is 29.5 Å². The van der Waals surface area contributed by atoms with E-state index in [1.54, 1.807) is 38.1 Å². The number of primary amides is 1. The third kappa shape index (κ3) is 13.4. The number of phenolic OH excluding ortho intramolecular Hbond substituents is 1. The monoisotopic (exact) mass is 652 g/mol. The van der Waals surface area contributed by atoms with E-state index in [-0.39, 0.29) is 36.3 Å². The fraction of sp³-hybridized carbons (Fsp3) is 0.514. The molecule has 0 fully saturated rings. The Morgan fingerprint density at radius 2 is 1.09 bits per heavy atom. The predicted octanol–water partition coefficient (Wildman–Crippen LogP) is 1.68. The number of phenols is 1. The molecule has 47 heavy (non-hydrogen) atoms. The van der Waals surface area contributed by atoms with Crippen molar-refractivity contribution in [1.82, 2.24) is 21.3 Å². The average Bonchev–Trinajstić information content (AvgIpc) is 2.99. The van der Waals surface area contributed by atoms with E-state index in [0.717, 1.165) is 5.56 Å². The van der Waals surface area contributed by atoms with Gasteiger partial charge in [0.15, 0.2) is 0 Å². The minimum atomic E-state index is -1.18. The standard InChI is InChI=1S/C35H52N6O6/c1-20(2)16-26(36)32(44)41-30(22(5)6)35(47)40-29(19-24-12-14-25(42)15-13-24)34(46)39-28(18-23-10-8-7-9-11-23)33(45)38-27(31(37)43)17-21(3)4/h7-15,20-22,26-30,42H,16-19,36H2,1-6H3,(H2,37,43)(H,38,45)(H,39,46)(H,40,47)(H,41,44)/t26-,27-,28-,29-,30-/m0/s1. The van der Waals surface area contributed by atoms with Crippen LogP contribution in [0, 0.1) is 17.8 Å². The highest BCUT2D eigenvalue weighted by molar-refractivity contribution is 5.96. The van der Waals surface area contributed by atoms with E-state index in [1.165, 1.54) is 12.1 Å². The molecule has 258 valence electrons. The first-order valence-electron chi connectivity index (χ1n) is 16.2. The molecule has 12 heteroatoms. The van der Waals surface area contributed by atoms with Crippen LogP contribution in [0.4, 0.5) is 0 Å². The quantitative estimate of drug-likeness (QED) is 0.127. The van der Waals surface area contributed by atoms with Gasteiger partial charge in [0.25, 0.3) is 0 Å². The Morgan fingerprint density at radius 3 is 1.55 bits per heavy atom.